The maximum atomic E-state index is 12.5. The normalized spacial score (nSPS) is 16.9. The number of carbonyl (C=O) groups is 1. The summed E-state index contributed by atoms with van der Waals surface area (Å²) in [5.41, 5.74) is 2.16. The average Bonchev–Trinajstić information content (AvgIpc) is 3.16. The van der Waals surface area contributed by atoms with Gasteiger partial charge in [-0.15, -0.1) is 0 Å². The van der Waals surface area contributed by atoms with Crippen molar-refractivity contribution in [1.82, 2.24) is 9.80 Å². The number of piperazine rings is 1. The first-order chi connectivity index (χ1) is 13.2. The second kappa shape index (κ2) is 8.03. The third-order valence-electron chi connectivity index (χ3n) is 4.82. The van der Waals surface area contributed by atoms with Crippen LogP contribution in [-0.4, -0.2) is 48.7 Å². The van der Waals surface area contributed by atoms with E-state index in [2.05, 4.69) is 4.90 Å². The largest absolute Gasteiger partial charge is 0.454 e. The molecular formula is C21H21ClN2O3. The van der Waals surface area contributed by atoms with Gasteiger partial charge in [0.25, 0.3) is 0 Å². The Hall–Kier alpha value is -2.50. The Labute approximate surface area is 163 Å². The fourth-order valence-corrected chi connectivity index (χ4v) is 3.39. The Morgan fingerprint density at radius 2 is 1.74 bits per heavy atom. The number of halogens is 1. The maximum absolute atomic E-state index is 12.5. The van der Waals surface area contributed by atoms with Gasteiger partial charge in [-0.05, 0) is 41.5 Å². The molecule has 1 amide bonds. The van der Waals surface area contributed by atoms with Gasteiger partial charge in [-0.2, -0.15) is 0 Å². The lowest BCUT2D eigenvalue weighted by atomic mass is 10.1. The summed E-state index contributed by atoms with van der Waals surface area (Å²) in [4.78, 5) is 16.7. The molecule has 0 aromatic heterocycles. The zero-order valence-corrected chi connectivity index (χ0v) is 15.7. The van der Waals surface area contributed by atoms with E-state index in [-0.39, 0.29) is 12.7 Å². The maximum Gasteiger partial charge on any atom is 0.246 e. The van der Waals surface area contributed by atoms with Crippen LogP contribution in [-0.2, 0) is 11.3 Å². The summed E-state index contributed by atoms with van der Waals surface area (Å²) in [6.45, 7) is 4.34. The smallest absolute Gasteiger partial charge is 0.246 e. The molecular weight excluding hydrogens is 364 g/mol. The van der Waals surface area contributed by atoms with Gasteiger partial charge < -0.3 is 14.4 Å². The Kier molecular flexibility index (Phi) is 5.32. The molecule has 2 aromatic carbocycles. The van der Waals surface area contributed by atoms with Gasteiger partial charge in [-0.3, -0.25) is 9.69 Å². The monoisotopic (exact) mass is 384 g/mol. The molecule has 0 unspecified atom stereocenters. The van der Waals surface area contributed by atoms with E-state index >= 15 is 0 Å². The number of fused-ring (bicyclic) bond motifs is 1. The van der Waals surface area contributed by atoms with Crippen LogP contribution in [0.15, 0.2) is 48.5 Å². The van der Waals surface area contributed by atoms with E-state index in [9.17, 15) is 4.79 Å². The molecule has 0 N–H and O–H groups in total. The second-order valence-electron chi connectivity index (χ2n) is 6.67. The van der Waals surface area contributed by atoms with Crippen molar-refractivity contribution < 1.29 is 14.3 Å². The van der Waals surface area contributed by atoms with Crippen molar-refractivity contribution in [2.24, 2.45) is 0 Å². The number of carbonyl (C=O) groups excluding carboxylic acids is 1. The number of ether oxygens (including phenoxy) is 2. The Morgan fingerprint density at radius 1 is 1.00 bits per heavy atom. The van der Waals surface area contributed by atoms with E-state index in [1.54, 1.807) is 6.08 Å². The van der Waals surface area contributed by atoms with Gasteiger partial charge in [0.05, 0.1) is 0 Å². The molecule has 1 saturated heterocycles. The minimum atomic E-state index is 0.0406. The third-order valence-corrected chi connectivity index (χ3v) is 5.07. The summed E-state index contributed by atoms with van der Waals surface area (Å²) in [5.74, 6) is 1.51. The highest BCUT2D eigenvalue weighted by atomic mass is 35.5. The summed E-state index contributed by atoms with van der Waals surface area (Å²) in [6.07, 6.45) is 3.46. The Bertz CT molecular complexity index is 843. The van der Waals surface area contributed by atoms with Gasteiger partial charge in [0.15, 0.2) is 11.5 Å². The molecule has 4 rings (SSSR count). The van der Waals surface area contributed by atoms with Crippen LogP contribution in [0.1, 0.15) is 11.1 Å². The van der Waals surface area contributed by atoms with Crippen LogP contribution in [0.25, 0.3) is 6.08 Å². The fraction of sp³-hybridized carbons (Fsp3) is 0.286. The van der Waals surface area contributed by atoms with Crippen molar-refractivity contribution in [3.05, 3.63) is 64.7 Å². The van der Waals surface area contributed by atoms with Gasteiger partial charge in [0, 0.05) is 43.8 Å². The van der Waals surface area contributed by atoms with Crippen molar-refractivity contribution in [2.75, 3.05) is 33.0 Å². The summed E-state index contributed by atoms with van der Waals surface area (Å²) in [6, 6.07) is 13.6. The molecule has 2 aromatic rings. The molecule has 6 heteroatoms. The van der Waals surface area contributed by atoms with Crippen LogP contribution >= 0.6 is 11.6 Å². The summed E-state index contributed by atoms with van der Waals surface area (Å²) in [7, 11) is 0. The lowest BCUT2D eigenvalue weighted by Gasteiger charge is -2.34. The van der Waals surface area contributed by atoms with Crippen molar-refractivity contribution in [3.8, 4) is 11.5 Å². The zero-order valence-electron chi connectivity index (χ0n) is 14.9. The van der Waals surface area contributed by atoms with Gasteiger partial charge in [-0.1, -0.05) is 29.8 Å². The highest BCUT2D eigenvalue weighted by Crippen LogP contribution is 2.32. The number of benzene rings is 2. The lowest BCUT2D eigenvalue weighted by molar-refractivity contribution is -0.127. The first kappa shape index (κ1) is 17.9. The van der Waals surface area contributed by atoms with Crippen molar-refractivity contribution >= 4 is 23.6 Å². The van der Waals surface area contributed by atoms with Crippen molar-refractivity contribution in [3.63, 3.8) is 0 Å². The quantitative estimate of drug-likeness (QED) is 0.757. The SMILES string of the molecule is O=C(/C=C/c1ccc2c(c1)OCO2)N1CCN(Cc2ccc(Cl)cc2)CC1. The number of nitrogens with zero attached hydrogens (tertiary/aromatic N) is 2. The summed E-state index contributed by atoms with van der Waals surface area (Å²) >= 11 is 5.93. The number of hydrogen-bond donors (Lipinski definition) is 0. The molecule has 1 fully saturated rings. The Balaban J connectivity index is 1.28. The summed E-state index contributed by atoms with van der Waals surface area (Å²) in [5, 5.41) is 0.753. The van der Waals surface area contributed by atoms with Crippen LogP contribution in [0.5, 0.6) is 11.5 Å². The van der Waals surface area contributed by atoms with Gasteiger partial charge in [0.2, 0.25) is 12.7 Å². The third kappa shape index (κ3) is 4.43. The zero-order chi connectivity index (χ0) is 18.6. The molecule has 0 bridgehead atoms. The highest BCUT2D eigenvalue weighted by molar-refractivity contribution is 6.30. The minimum Gasteiger partial charge on any atom is -0.454 e. The Morgan fingerprint density at radius 3 is 2.52 bits per heavy atom. The highest BCUT2D eigenvalue weighted by Gasteiger charge is 2.19. The van der Waals surface area contributed by atoms with E-state index < -0.39 is 0 Å². The molecule has 0 saturated carbocycles. The number of rotatable bonds is 4. The number of amides is 1. The van der Waals surface area contributed by atoms with Crippen LogP contribution in [0.3, 0.4) is 0 Å². The van der Waals surface area contributed by atoms with Crippen LogP contribution in [0.2, 0.25) is 5.02 Å². The lowest BCUT2D eigenvalue weighted by Crippen LogP contribution is -2.47. The van der Waals surface area contributed by atoms with E-state index in [0.29, 0.717) is 0 Å². The second-order valence-corrected chi connectivity index (χ2v) is 7.11. The van der Waals surface area contributed by atoms with E-state index in [1.165, 1.54) is 5.56 Å². The average molecular weight is 385 g/mol. The van der Waals surface area contributed by atoms with Crippen molar-refractivity contribution in [2.45, 2.75) is 6.54 Å². The van der Waals surface area contributed by atoms with Crippen LogP contribution < -0.4 is 9.47 Å². The standard InChI is InChI=1S/C21H21ClN2O3/c22-18-5-1-17(2-6-18)14-23-9-11-24(12-10-23)21(25)8-4-16-3-7-19-20(13-16)27-15-26-19/h1-8,13H,9-12,14-15H2/b8-4+. The van der Waals surface area contributed by atoms with Gasteiger partial charge in [-0.25, -0.2) is 0 Å². The number of hydrogen-bond acceptors (Lipinski definition) is 4. The fourth-order valence-electron chi connectivity index (χ4n) is 3.26. The van der Waals surface area contributed by atoms with E-state index in [1.807, 2.05) is 53.4 Å². The first-order valence-corrected chi connectivity index (χ1v) is 9.39. The van der Waals surface area contributed by atoms with Crippen LogP contribution in [0, 0.1) is 0 Å². The molecule has 5 nitrogen and oxygen atoms in total. The predicted molar refractivity (Wildman–Crippen MR) is 105 cm³/mol. The van der Waals surface area contributed by atoms with E-state index in [4.69, 9.17) is 21.1 Å². The summed E-state index contributed by atoms with van der Waals surface area (Å²) < 4.78 is 10.7. The predicted octanol–water partition coefficient (Wildman–Crippen LogP) is 3.43. The van der Waals surface area contributed by atoms with E-state index in [0.717, 1.165) is 54.8 Å². The molecule has 2 aliphatic heterocycles. The molecule has 0 atom stereocenters. The molecule has 0 spiro atoms. The molecule has 0 radical (unpaired) electrons. The topological polar surface area (TPSA) is 42.0 Å². The van der Waals surface area contributed by atoms with Crippen molar-refractivity contribution in [1.29, 1.82) is 0 Å². The minimum absolute atomic E-state index is 0.0406. The van der Waals surface area contributed by atoms with Gasteiger partial charge in [0.1, 0.15) is 0 Å². The molecule has 27 heavy (non-hydrogen) atoms. The molecule has 2 aliphatic rings. The molecule has 140 valence electrons. The van der Waals surface area contributed by atoms with Gasteiger partial charge >= 0.3 is 0 Å². The molecule has 0 aliphatic carbocycles. The first-order valence-electron chi connectivity index (χ1n) is 9.01. The molecule has 2 heterocycles. The van der Waals surface area contributed by atoms with Crippen LogP contribution in [0.4, 0.5) is 0 Å².